The van der Waals surface area contributed by atoms with Gasteiger partial charge in [-0.1, -0.05) is 54.6 Å². The van der Waals surface area contributed by atoms with E-state index in [2.05, 4.69) is 0 Å². The van der Waals surface area contributed by atoms with E-state index in [9.17, 15) is 22.9 Å². The van der Waals surface area contributed by atoms with Crippen LogP contribution in [0.25, 0.3) is 10.8 Å². The van der Waals surface area contributed by atoms with Crippen LogP contribution in [-0.2, 0) is 10.1 Å². The first kappa shape index (κ1) is 16.0. The lowest BCUT2D eigenvalue weighted by Gasteiger charge is -2.15. The lowest BCUT2D eigenvalue weighted by atomic mass is 9.95. The van der Waals surface area contributed by atoms with Crippen LogP contribution in [0.15, 0.2) is 59.5 Å². The zero-order valence-corrected chi connectivity index (χ0v) is 13.1. The van der Waals surface area contributed by atoms with E-state index < -0.39 is 32.2 Å². The Morgan fingerprint density at radius 3 is 2.04 bits per heavy atom. The van der Waals surface area contributed by atoms with Crippen LogP contribution in [0.2, 0.25) is 0 Å². The molecule has 0 saturated heterocycles. The maximum atomic E-state index is 12.8. The van der Waals surface area contributed by atoms with Gasteiger partial charge in [-0.05, 0) is 5.39 Å². The summed E-state index contributed by atoms with van der Waals surface area (Å²) in [7, 11) is -4.82. The van der Waals surface area contributed by atoms with Crippen molar-refractivity contribution in [3.8, 4) is 5.75 Å². The third kappa shape index (κ3) is 2.49. The van der Waals surface area contributed by atoms with Crippen LogP contribution in [0, 0.1) is 0 Å². The molecule has 0 aliphatic heterocycles. The predicted molar refractivity (Wildman–Crippen MR) is 89.7 cm³/mol. The number of benzene rings is 3. The van der Waals surface area contributed by atoms with Crippen molar-refractivity contribution in [2.45, 2.75) is 4.90 Å². The van der Waals surface area contributed by atoms with E-state index in [0.717, 1.165) is 0 Å². The van der Waals surface area contributed by atoms with Crippen molar-refractivity contribution in [1.82, 2.24) is 0 Å². The summed E-state index contributed by atoms with van der Waals surface area (Å²) in [6, 6.07) is 14.4. The third-order valence-electron chi connectivity index (χ3n) is 3.70. The van der Waals surface area contributed by atoms with Gasteiger partial charge in [0.2, 0.25) is 0 Å². The SMILES string of the molecule is Nc1c(S(=O)(=O)O)c(O)c2ccccc2c1C(=O)c1ccccc1. The molecule has 0 aliphatic rings. The van der Waals surface area contributed by atoms with Gasteiger partial charge < -0.3 is 10.8 Å². The summed E-state index contributed by atoms with van der Waals surface area (Å²) < 4.78 is 32.7. The highest BCUT2D eigenvalue weighted by Gasteiger charge is 2.28. The summed E-state index contributed by atoms with van der Waals surface area (Å²) in [5, 5.41) is 10.6. The van der Waals surface area contributed by atoms with Crippen molar-refractivity contribution in [3.05, 3.63) is 65.7 Å². The molecule has 0 spiro atoms. The van der Waals surface area contributed by atoms with E-state index in [4.69, 9.17) is 5.73 Å². The summed E-state index contributed by atoms with van der Waals surface area (Å²) in [6.45, 7) is 0. The van der Waals surface area contributed by atoms with E-state index in [1.807, 2.05) is 0 Å². The number of hydrogen-bond donors (Lipinski definition) is 3. The first-order chi connectivity index (χ1) is 11.3. The van der Waals surface area contributed by atoms with Crippen LogP contribution < -0.4 is 5.73 Å². The number of phenols is 1. The molecule has 0 saturated carbocycles. The molecular weight excluding hydrogens is 330 g/mol. The molecule has 0 amide bonds. The molecule has 24 heavy (non-hydrogen) atoms. The topological polar surface area (TPSA) is 118 Å². The molecule has 0 aromatic heterocycles. The summed E-state index contributed by atoms with van der Waals surface area (Å²) >= 11 is 0. The number of aromatic hydroxyl groups is 1. The van der Waals surface area contributed by atoms with Crippen LogP contribution in [0.4, 0.5) is 5.69 Å². The molecule has 0 aliphatic carbocycles. The van der Waals surface area contributed by atoms with Crippen molar-refractivity contribution < 1.29 is 22.9 Å². The van der Waals surface area contributed by atoms with Gasteiger partial charge in [0, 0.05) is 10.9 Å². The molecule has 6 nitrogen and oxygen atoms in total. The Morgan fingerprint density at radius 2 is 1.46 bits per heavy atom. The number of hydrogen-bond acceptors (Lipinski definition) is 5. The molecule has 3 aromatic carbocycles. The second kappa shape index (κ2) is 5.63. The Labute approximate surface area is 137 Å². The molecule has 0 bridgehead atoms. The highest BCUT2D eigenvalue weighted by molar-refractivity contribution is 7.86. The number of carbonyl (C=O) groups excluding carboxylic acids is 1. The Kier molecular flexibility index (Phi) is 3.75. The molecule has 0 heterocycles. The van der Waals surface area contributed by atoms with Crippen molar-refractivity contribution in [2.75, 3.05) is 5.73 Å². The minimum Gasteiger partial charge on any atom is -0.506 e. The van der Waals surface area contributed by atoms with Crippen molar-refractivity contribution in [1.29, 1.82) is 0 Å². The maximum absolute atomic E-state index is 12.8. The summed E-state index contributed by atoms with van der Waals surface area (Å²) in [5.74, 6) is -1.19. The lowest BCUT2D eigenvalue weighted by Crippen LogP contribution is -2.12. The summed E-state index contributed by atoms with van der Waals surface area (Å²) in [4.78, 5) is 12.0. The van der Waals surface area contributed by atoms with E-state index >= 15 is 0 Å². The second-order valence-corrected chi connectivity index (χ2v) is 6.54. The zero-order valence-electron chi connectivity index (χ0n) is 12.3. The Hall–Kier alpha value is -2.90. The van der Waals surface area contributed by atoms with Gasteiger partial charge in [0.15, 0.2) is 10.7 Å². The van der Waals surface area contributed by atoms with E-state index in [-0.39, 0.29) is 10.9 Å². The number of anilines is 1. The average molecular weight is 343 g/mol. The number of phenolic OH excluding ortho intramolecular Hbond substituents is 1. The van der Waals surface area contributed by atoms with Gasteiger partial charge in [-0.25, -0.2) is 0 Å². The molecule has 7 heteroatoms. The molecular formula is C17H13NO5S. The zero-order chi connectivity index (χ0) is 17.5. The van der Waals surface area contributed by atoms with E-state index in [0.29, 0.717) is 10.9 Å². The summed E-state index contributed by atoms with van der Waals surface area (Å²) in [6.07, 6.45) is 0. The third-order valence-corrected chi connectivity index (χ3v) is 4.63. The van der Waals surface area contributed by atoms with Crippen LogP contribution >= 0.6 is 0 Å². The minimum absolute atomic E-state index is 0.0813. The maximum Gasteiger partial charge on any atom is 0.300 e. The number of nitrogen functional groups attached to an aromatic ring is 1. The van der Waals surface area contributed by atoms with E-state index in [1.165, 1.54) is 6.07 Å². The van der Waals surface area contributed by atoms with Gasteiger partial charge in [-0.2, -0.15) is 8.42 Å². The summed E-state index contributed by atoms with van der Waals surface area (Å²) in [5.41, 5.74) is 5.60. The number of fused-ring (bicyclic) bond motifs is 1. The largest absolute Gasteiger partial charge is 0.506 e. The monoisotopic (exact) mass is 343 g/mol. The lowest BCUT2D eigenvalue weighted by molar-refractivity contribution is 0.104. The first-order valence-corrected chi connectivity index (χ1v) is 8.36. The van der Waals surface area contributed by atoms with Gasteiger partial charge in [0.1, 0.15) is 5.75 Å². The van der Waals surface area contributed by atoms with Crippen LogP contribution in [0.3, 0.4) is 0 Å². The molecule has 3 rings (SSSR count). The molecule has 0 unspecified atom stereocenters. The first-order valence-electron chi connectivity index (χ1n) is 6.92. The standard InChI is InChI=1S/C17H13NO5S/c18-14-13(15(19)10-6-2-1-3-7-10)11-8-4-5-9-12(11)16(20)17(14)24(21,22)23/h1-9,20H,18H2,(H,21,22,23). The van der Waals surface area contributed by atoms with Gasteiger partial charge in [-0.15, -0.1) is 0 Å². The highest BCUT2D eigenvalue weighted by Crippen LogP contribution is 2.40. The smallest absolute Gasteiger partial charge is 0.300 e. The molecule has 0 atom stereocenters. The Morgan fingerprint density at radius 1 is 0.917 bits per heavy atom. The number of ketones is 1. The molecule has 0 radical (unpaired) electrons. The molecule has 3 aromatic rings. The predicted octanol–water partition coefficient (Wildman–Crippen LogP) is 2.61. The Bertz CT molecular complexity index is 1060. The normalized spacial score (nSPS) is 11.5. The molecule has 4 N–H and O–H groups in total. The van der Waals surface area contributed by atoms with Crippen LogP contribution in [0.5, 0.6) is 5.75 Å². The number of rotatable bonds is 3. The van der Waals surface area contributed by atoms with Gasteiger partial charge in [0.05, 0.1) is 11.3 Å². The Balaban J connectivity index is 2.46. The van der Waals surface area contributed by atoms with Crippen LogP contribution in [0.1, 0.15) is 15.9 Å². The van der Waals surface area contributed by atoms with Crippen LogP contribution in [-0.4, -0.2) is 23.9 Å². The van der Waals surface area contributed by atoms with Gasteiger partial charge in [0.25, 0.3) is 10.1 Å². The van der Waals surface area contributed by atoms with Gasteiger partial charge >= 0.3 is 0 Å². The van der Waals surface area contributed by atoms with Crippen molar-refractivity contribution in [3.63, 3.8) is 0 Å². The quantitative estimate of drug-likeness (QED) is 0.382. The second-order valence-electron chi connectivity index (χ2n) is 5.18. The van der Waals surface area contributed by atoms with E-state index in [1.54, 1.807) is 48.5 Å². The fourth-order valence-electron chi connectivity index (χ4n) is 2.66. The molecule has 0 fully saturated rings. The number of carbonyl (C=O) groups is 1. The highest BCUT2D eigenvalue weighted by atomic mass is 32.2. The fraction of sp³-hybridized carbons (Fsp3) is 0. The number of nitrogens with two attached hydrogens (primary N) is 1. The van der Waals surface area contributed by atoms with Gasteiger partial charge in [-0.3, -0.25) is 9.35 Å². The molecule has 122 valence electrons. The minimum atomic E-state index is -4.82. The van der Waals surface area contributed by atoms with Crippen molar-refractivity contribution in [2.24, 2.45) is 0 Å². The average Bonchev–Trinajstić information content (AvgIpc) is 2.54. The van der Waals surface area contributed by atoms with Crippen molar-refractivity contribution >= 4 is 32.4 Å². The fourth-order valence-corrected chi connectivity index (χ4v) is 3.39.